The predicted molar refractivity (Wildman–Crippen MR) is 111 cm³/mol. The largest absolute Gasteiger partial charge is 0.497 e. The molecule has 0 spiro atoms. The number of aryl methyl sites for hydroxylation is 1. The van der Waals surface area contributed by atoms with E-state index >= 15 is 0 Å². The van der Waals surface area contributed by atoms with Crippen molar-refractivity contribution in [1.82, 2.24) is 20.2 Å². The fourth-order valence-electron chi connectivity index (χ4n) is 3.16. The molecule has 1 aromatic carbocycles. The number of morpholine rings is 1. The van der Waals surface area contributed by atoms with Gasteiger partial charge in [0.05, 0.1) is 31.6 Å². The molecule has 1 aliphatic heterocycles. The summed E-state index contributed by atoms with van der Waals surface area (Å²) >= 11 is 0. The molecule has 0 atom stereocenters. The first-order valence-electron chi connectivity index (χ1n) is 9.94. The Kier molecular flexibility index (Phi) is 7.77. The highest BCUT2D eigenvalue weighted by Gasteiger charge is 2.13. The Morgan fingerprint density at radius 2 is 2.14 bits per heavy atom. The van der Waals surface area contributed by atoms with E-state index in [9.17, 15) is 4.79 Å². The molecule has 8 heteroatoms. The Morgan fingerprint density at radius 3 is 2.90 bits per heavy atom. The monoisotopic (exact) mass is 399 g/mol. The van der Waals surface area contributed by atoms with Crippen LogP contribution in [0.1, 0.15) is 28.0 Å². The second kappa shape index (κ2) is 10.7. The number of carbonyl (C=O) groups is 1. The molecular weight excluding hydrogens is 370 g/mol. The van der Waals surface area contributed by atoms with Gasteiger partial charge in [-0.05, 0) is 37.6 Å². The van der Waals surface area contributed by atoms with Gasteiger partial charge in [0.25, 0.3) is 5.91 Å². The third-order valence-electron chi connectivity index (χ3n) is 4.85. The second-order valence-electron chi connectivity index (χ2n) is 6.96. The minimum atomic E-state index is -0.135. The van der Waals surface area contributed by atoms with Gasteiger partial charge in [0, 0.05) is 32.4 Å². The molecule has 1 aliphatic rings. The molecule has 0 aliphatic carbocycles. The van der Waals surface area contributed by atoms with Gasteiger partial charge >= 0.3 is 0 Å². The molecule has 2 N–H and O–H groups in total. The minimum absolute atomic E-state index is 0.135. The fraction of sp³-hybridized carbons (Fsp3) is 0.476. The lowest BCUT2D eigenvalue weighted by atomic mass is 10.2. The average molecular weight is 399 g/mol. The maximum Gasteiger partial charge on any atom is 0.254 e. The van der Waals surface area contributed by atoms with Crippen molar-refractivity contribution < 1.29 is 14.3 Å². The van der Waals surface area contributed by atoms with Crippen molar-refractivity contribution in [3.05, 3.63) is 47.3 Å². The van der Waals surface area contributed by atoms with E-state index in [0.717, 1.165) is 50.6 Å². The first-order valence-corrected chi connectivity index (χ1v) is 9.94. The normalized spacial score (nSPS) is 14.4. The molecule has 2 heterocycles. The smallest absolute Gasteiger partial charge is 0.254 e. The number of nitrogens with one attached hydrogen (secondary N) is 2. The van der Waals surface area contributed by atoms with Gasteiger partial charge in [0.2, 0.25) is 5.95 Å². The molecule has 8 nitrogen and oxygen atoms in total. The van der Waals surface area contributed by atoms with E-state index in [-0.39, 0.29) is 5.91 Å². The zero-order chi connectivity index (χ0) is 20.5. The molecular formula is C21H29N5O3. The molecule has 0 bridgehead atoms. The number of benzene rings is 1. The number of hydrogen-bond acceptors (Lipinski definition) is 7. The van der Waals surface area contributed by atoms with E-state index in [1.165, 1.54) is 0 Å². The molecule has 1 aromatic heterocycles. The Morgan fingerprint density at radius 1 is 1.31 bits per heavy atom. The zero-order valence-corrected chi connectivity index (χ0v) is 17.1. The van der Waals surface area contributed by atoms with Gasteiger partial charge < -0.3 is 20.1 Å². The van der Waals surface area contributed by atoms with Crippen LogP contribution in [0.5, 0.6) is 5.75 Å². The maximum absolute atomic E-state index is 12.4. The number of aromatic nitrogens is 2. The topological polar surface area (TPSA) is 88.6 Å². The Hall–Kier alpha value is -2.71. The van der Waals surface area contributed by atoms with Crippen LogP contribution in [0.3, 0.4) is 0 Å². The minimum Gasteiger partial charge on any atom is -0.497 e. The van der Waals surface area contributed by atoms with Gasteiger partial charge in [-0.15, -0.1) is 0 Å². The van der Waals surface area contributed by atoms with Gasteiger partial charge in [-0.1, -0.05) is 12.1 Å². The molecule has 1 fully saturated rings. The first kappa shape index (κ1) is 21.0. The van der Waals surface area contributed by atoms with Crippen molar-refractivity contribution in [2.24, 2.45) is 0 Å². The molecule has 2 aromatic rings. The van der Waals surface area contributed by atoms with E-state index in [2.05, 4.69) is 25.5 Å². The van der Waals surface area contributed by atoms with Crippen molar-refractivity contribution >= 4 is 11.9 Å². The number of anilines is 1. The van der Waals surface area contributed by atoms with Crippen LogP contribution in [0, 0.1) is 6.92 Å². The molecule has 0 saturated carbocycles. The van der Waals surface area contributed by atoms with Crippen molar-refractivity contribution in [2.75, 3.05) is 51.8 Å². The fourth-order valence-corrected chi connectivity index (χ4v) is 3.16. The van der Waals surface area contributed by atoms with Gasteiger partial charge in [-0.2, -0.15) is 0 Å². The number of hydrogen-bond donors (Lipinski definition) is 2. The van der Waals surface area contributed by atoms with Crippen LogP contribution in [-0.2, 0) is 11.3 Å². The number of nitrogens with zero attached hydrogens (tertiary/aromatic N) is 3. The number of carbonyl (C=O) groups excluding carboxylic acids is 1. The van der Waals surface area contributed by atoms with Gasteiger partial charge in [0.15, 0.2) is 0 Å². The Bertz CT molecular complexity index is 809. The van der Waals surface area contributed by atoms with E-state index in [1.807, 2.05) is 31.2 Å². The van der Waals surface area contributed by atoms with Crippen LogP contribution in [0.15, 0.2) is 30.5 Å². The molecule has 0 unspecified atom stereocenters. The van der Waals surface area contributed by atoms with Crippen LogP contribution in [0.25, 0.3) is 0 Å². The lowest BCUT2D eigenvalue weighted by Gasteiger charge is -2.26. The van der Waals surface area contributed by atoms with Crippen molar-refractivity contribution in [2.45, 2.75) is 19.9 Å². The highest BCUT2D eigenvalue weighted by atomic mass is 16.5. The highest BCUT2D eigenvalue weighted by molar-refractivity contribution is 5.94. The number of ether oxygens (including phenoxy) is 2. The lowest BCUT2D eigenvalue weighted by Crippen LogP contribution is -2.38. The van der Waals surface area contributed by atoms with Crippen LogP contribution >= 0.6 is 0 Å². The van der Waals surface area contributed by atoms with Crippen molar-refractivity contribution in [3.63, 3.8) is 0 Å². The number of methoxy groups -OCH3 is 1. The third-order valence-corrected chi connectivity index (χ3v) is 4.85. The molecule has 3 rings (SSSR count). The van der Waals surface area contributed by atoms with Crippen LogP contribution in [-0.4, -0.2) is 67.3 Å². The highest BCUT2D eigenvalue weighted by Crippen LogP contribution is 2.14. The predicted octanol–water partition coefficient (Wildman–Crippen LogP) is 1.86. The summed E-state index contributed by atoms with van der Waals surface area (Å²) in [7, 11) is 1.64. The molecule has 29 heavy (non-hydrogen) atoms. The molecule has 156 valence electrons. The summed E-state index contributed by atoms with van der Waals surface area (Å²) in [5.74, 6) is 1.17. The molecule has 1 amide bonds. The Labute approximate surface area is 171 Å². The summed E-state index contributed by atoms with van der Waals surface area (Å²) in [6.45, 7) is 7.50. The summed E-state index contributed by atoms with van der Waals surface area (Å²) in [6, 6.07) is 7.80. The second-order valence-corrected chi connectivity index (χ2v) is 6.96. The maximum atomic E-state index is 12.4. The van der Waals surface area contributed by atoms with Gasteiger partial charge in [-0.3, -0.25) is 9.69 Å². The SMILES string of the molecule is COc1cccc(CNc2ncc(C(=O)NCCCN3CCOCC3)c(C)n2)c1. The van der Waals surface area contributed by atoms with Crippen molar-refractivity contribution in [3.8, 4) is 5.75 Å². The number of rotatable bonds is 9. The number of amides is 1. The van der Waals surface area contributed by atoms with Crippen LogP contribution in [0.4, 0.5) is 5.95 Å². The summed E-state index contributed by atoms with van der Waals surface area (Å²) in [5.41, 5.74) is 2.22. The summed E-state index contributed by atoms with van der Waals surface area (Å²) in [6.07, 6.45) is 2.49. The third kappa shape index (κ3) is 6.40. The molecule has 1 saturated heterocycles. The zero-order valence-electron chi connectivity index (χ0n) is 17.1. The summed E-state index contributed by atoms with van der Waals surface area (Å²) in [4.78, 5) is 23.5. The summed E-state index contributed by atoms with van der Waals surface area (Å²) in [5, 5.41) is 6.14. The molecule has 0 radical (unpaired) electrons. The van der Waals surface area contributed by atoms with Crippen LogP contribution < -0.4 is 15.4 Å². The lowest BCUT2D eigenvalue weighted by molar-refractivity contribution is 0.0374. The van der Waals surface area contributed by atoms with E-state index in [0.29, 0.717) is 30.3 Å². The van der Waals surface area contributed by atoms with Crippen LogP contribution in [0.2, 0.25) is 0 Å². The van der Waals surface area contributed by atoms with E-state index < -0.39 is 0 Å². The Balaban J connectivity index is 1.45. The summed E-state index contributed by atoms with van der Waals surface area (Å²) < 4.78 is 10.6. The standard InChI is InChI=1S/C21H29N5O3/c1-16-19(20(27)22-7-4-8-26-9-11-29-12-10-26)15-24-21(25-16)23-14-17-5-3-6-18(13-17)28-2/h3,5-6,13,15H,4,7-12,14H2,1-2H3,(H,22,27)(H,23,24,25). The average Bonchev–Trinajstić information content (AvgIpc) is 2.76. The van der Waals surface area contributed by atoms with E-state index in [1.54, 1.807) is 13.3 Å². The van der Waals surface area contributed by atoms with E-state index in [4.69, 9.17) is 9.47 Å². The van der Waals surface area contributed by atoms with Gasteiger partial charge in [0.1, 0.15) is 5.75 Å². The van der Waals surface area contributed by atoms with Gasteiger partial charge in [-0.25, -0.2) is 9.97 Å². The van der Waals surface area contributed by atoms with Crippen molar-refractivity contribution in [1.29, 1.82) is 0 Å². The first-order chi connectivity index (χ1) is 14.2. The quantitative estimate of drug-likeness (QED) is 0.622.